The lowest BCUT2D eigenvalue weighted by molar-refractivity contribution is -0.142. The summed E-state index contributed by atoms with van der Waals surface area (Å²) in [5.74, 6) is -0.430. The summed E-state index contributed by atoms with van der Waals surface area (Å²) in [5.41, 5.74) is 1.61. The van der Waals surface area contributed by atoms with Crippen LogP contribution in [0.2, 0.25) is 0 Å². The van der Waals surface area contributed by atoms with Crippen LogP contribution in [-0.4, -0.2) is 39.3 Å². The van der Waals surface area contributed by atoms with E-state index >= 15 is 0 Å². The zero-order chi connectivity index (χ0) is 15.5. The van der Waals surface area contributed by atoms with Crippen molar-refractivity contribution in [1.82, 2.24) is 5.32 Å². The summed E-state index contributed by atoms with van der Waals surface area (Å²) in [4.78, 5) is 11.4. The Morgan fingerprint density at radius 3 is 2.90 bits per heavy atom. The minimum Gasteiger partial charge on any atom is -0.468 e. The van der Waals surface area contributed by atoms with Gasteiger partial charge in [0, 0.05) is 12.2 Å². The van der Waals surface area contributed by atoms with Gasteiger partial charge in [0.1, 0.15) is 6.04 Å². The van der Waals surface area contributed by atoms with Crippen molar-refractivity contribution in [3.8, 4) is 0 Å². The van der Waals surface area contributed by atoms with E-state index in [4.69, 9.17) is 0 Å². The minimum atomic E-state index is -3.53. The average molecular weight is 312 g/mol. The van der Waals surface area contributed by atoms with Crippen LogP contribution in [-0.2, 0) is 26.0 Å². The maximum atomic E-state index is 12.4. The summed E-state index contributed by atoms with van der Waals surface area (Å²) in [6, 6.07) is 6.75. The Labute approximate surface area is 124 Å². The molecule has 0 aromatic heterocycles. The zero-order valence-electron chi connectivity index (χ0n) is 12.1. The number of methoxy groups -OCH3 is 1. The van der Waals surface area contributed by atoms with Gasteiger partial charge >= 0.3 is 5.97 Å². The first-order valence-corrected chi connectivity index (χ1v) is 8.42. The molecule has 2 rings (SSSR count). The molecule has 1 aliphatic rings. The van der Waals surface area contributed by atoms with Crippen LogP contribution >= 0.6 is 0 Å². The van der Waals surface area contributed by atoms with Gasteiger partial charge in [0.25, 0.3) is 0 Å². The molecule has 1 aromatic carbocycles. The van der Waals surface area contributed by atoms with Gasteiger partial charge in [-0.1, -0.05) is 19.1 Å². The molecule has 0 aliphatic carbocycles. The number of rotatable bonds is 5. The minimum absolute atomic E-state index is 0.218. The molecule has 2 atom stereocenters. The second kappa shape index (κ2) is 6.44. The molecule has 6 nitrogen and oxygen atoms in total. The Kier molecular flexibility index (Phi) is 4.84. The van der Waals surface area contributed by atoms with Gasteiger partial charge in [-0.25, -0.2) is 8.42 Å². The fraction of sp³-hybridized carbons (Fsp3) is 0.500. The first-order valence-electron chi connectivity index (χ1n) is 6.88. The monoisotopic (exact) mass is 312 g/mol. The first kappa shape index (κ1) is 15.8. The first-order chi connectivity index (χ1) is 9.96. The normalized spacial score (nSPS) is 22.0. The highest BCUT2D eigenvalue weighted by molar-refractivity contribution is 7.93. The van der Waals surface area contributed by atoms with Gasteiger partial charge in [-0.2, -0.15) is 0 Å². The largest absolute Gasteiger partial charge is 0.468 e. The Morgan fingerprint density at radius 2 is 2.24 bits per heavy atom. The summed E-state index contributed by atoms with van der Waals surface area (Å²) in [6.45, 7) is 2.25. The predicted molar refractivity (Wildman–Crippen MR) is 80.6 cm³/mol. The van der Waals surface area contributed by atoms with Crippen molar-refractivity contribution in [1.29, 1.82) is 0 Å². The number of aryl methyl sites for hydroxylation is 1. The van der Waals surface area contributed by atoms with Crippen LogP contribution in [0, 0.1) is 0 Å². The van der Waals surface area contributed by atoms with Gasteiger partial charge in [0.05, 0.1) is 12.4 Å². The van der Waals surface area contributed by atoms with Crippen LogP contribution in [0.15, 0.2) is 24.3 Å². The second-order valence-corrected chi connectivity index (χ2v) is 7.00. The van der Waals surface area contributed by atoms with Gasteiger partial charge in [-0.15, -0.1) is 0 Å². The topological polar surface area (TPSA) is 84.5 Å². The smallest absolute Gasteiger partial charge is 0.322 e. The lowest BCUT2D eigenvalue weighted by Gasteiger charge is -2.13. The molecule has 0 bridgehead atoms. The van der Waals surface area contributed by atoms with Gasteiger partial charge in [-0.3, -0.25) is 9.52 Å². The summed E-state index contributed by atoms with van der Waals surface area (Å²) in [5, 5.41) is 2.23. The number of ether oxygens (including phenoxy) is 1. The Morgan fingerprint density at radius 1 is 1.48 bits per heavy atom. The predicted octanol–water partition coefficient (Wildman–Crippen LogP) is 0.894. The molecule has 0 saturated carbocycles. The van der Waals surface area contributed by atoms with Crippen molar-refractivity contribution in [2.24, 2.45) is 0 Å². The van der Waals surface area contributed by atoms with Crippen molar-refractivity contribution in [2.45, 2.75) is 31.1 Å². The van der Waals surface area contributed by atoms with E-state index in [2.05, 4.69) is 14.8 Å². The number of hydrogen-bond acceptors (Lipinski definition) is 5. The van der Waals surface area contributed by atoms with E-state index in [9.17, 15) is 13.2 Å². The molecule has 1 heterocycles. The molecule has 1 saturated heterocycles. The lowest BCUT2D eigenvalue weighted by atomic mass is 10.1. The number of benzene rings is 1. The van der Waals surface area contributed by atoms with Crippen LogP contribution in [0.5, 0.6) is 0 Å². The molecular weight excluding hydrogens is 292 g/mol. The van der Waals surface area contributed by atoms with E-state index in [1.165, 1.54) is 7.11 Å². The van der Waals surface area contributed by atoms with E-state index in [1.807, 2.05) is 25.1 Å². The highest BCUT2D eigenvalue weighted by Gasteiger charge is 2.37. The summed E-state index contributed by atoms with van der Waals surface area (Å²) < 4.78 is 31.9. The molecule has 2 N–H and O–H groups in total. The van der Waals surface area contributed by atoms with Crippen LogP contribution in [0.4, 0.5) is 5.69 Å². The molecular formula is C14H20N2O4S. The SMILES string of the molecule is CCc1cccc(NS(=O)(=O)C2CNC(C(=O)OC)C2)c1. The third kappa shape index (κ3) is 3.74. The van der Waals surface area contributed by atoms with Gasteiger partial charge < -0.3 is 10.1 Å². The van der Waals surface area contributed by atoms with Crippen LogP contribution < -0.4 is 10.0 Å². The molecule has 1 aliphatic heterocycles. The highest BCUT2D eigenvalue weighted by atomic mass is 32.2. The Hall–Kier alpha value is -1.60. The Bertz CT molecular complexity index is 615. The van der Waals surface area contributed by atoms with E-state index < -0.39 is 27.3 Å². The highest BCUT2D eigenvalue weighted by Crippen LogP contribution is 2.20. The number of sulfonamides is 1. The molecule has 116 valence electrons. The molecule has 0 radical (unpaired) electrons. The zero-order valence-corrected chi connectivity index (χ0v) is 12.9. The quantitative estimate of drug-likeness (QED) is 0.789. The van der Waals surface area contributed by atoms with E-state index in [0.717, 1.165) is 12.0 Å². The van der Waals surface area contributed by atoms with Gasteiger partial charge in [-0.05, 0) is 30.5 Å². The van der Waals surface area contributed by atoms with Crippen molar-refractivity contribution in [2.75, 3.05) is 18.4 Å². The molecule has 0 spiro atoms. The van der Waals surface area contributed by atoms with Crippen LogP contribution in [0.1, 0.15) is 18.9 Å². The standard InChI is InChI=1S/C14H20N2O4S/c1-3-10-5-4-6-11(7-10)16-21(18,19)12-8-13(15-9-12)14(17)20-2/h4-7,12-13,15-16H,3,8-9H2,1-2H3. The molecule has 21 heavy (non-hydrogen) atoms. The number of carbonyl (C=O) groups excluding carboxylic acids is 1. The maximum Gasteiger partial charge on any atom is 0.322 e. The second-order valence-electron chi connectivity index (χ2n) is 5.04. The van der Waals surface area contributed by atoms with Crippen molar-refractivity contribution >= 4 is 21.7 Å². The van der Waals surface area contributed by atoms with E-state index in [-0.39, 0.29) is 13.0 Å². The fourth-order valence-electron chi connectivity index (χ4n) is 2.36. The summed E-state index contributed by atoms with van der Waals surface area (Å²) in [6.07, 6.45) is 1.06. The maximum absolute atomic E-state index is 12.4. The number of esters is 1. The lowest BCUT2D eigenvalue weighted by Crippen LogP contribution is -2.31. The third-order valence-corrected chi connectivity index (χ3v) is 5.37. The summed E-state index contributed by atoms with van der Waals surface area (Å²) in [7, 11) is -2.24. The molecule has 7 heteroatoms. The summed E-state index contributed by atoms with van der Waals surface area (Å²) >= 11 is 0. The molecule has 1 aromatic rings. The van der Waals surface area contributed by atoms with Crippen molar-refractivity contribution in [3.63, 3.8) is 0 Å². The van der Waals surface area contributed by atoms with E-state index in [0.29, 0.717) is 5.69 Å². The van der Waals surface area contributed by atoms with Crippen LogP contribution in [0.25, 0.3) is 0 Å². The van der Waals surface area contributed by atoms with Gasteiger partial charge in [0.15, 0.2) is 0 Å². The van der Waals surface area contributed by atoms with Gasteiger partial charge in [0.2, 0.25) is 10.0 Å². The Balaban J connectivity index is 2.07. The number of hydrogen-bond donors (Lipinski definition) is 2. The number of anilines is 1. The number of carbonyl (C=O) groups is 1. The average Bonchev–Trinajstić information content (AvgIpc) is 2.97. The fourth-order valence-corrected chi connectivity index (χ4v) is 3.75. The molecule has 2 unspecified atom stereocenters. The van der Waals surface area contributed by atoms with Crippen molar-refractivity contribution in [3.05, 3.63) is 29.8 Å². The molecule has 1 fully saturated rings. The third-order valence-electron chi connectivity index (χ3n) is 3.61. The van der Waals surface area contributed by atoms with Crippen LogP contribution in [0.3, 0.4) is 0 Å². The number of nitrogens with one attached hydrogen (secondary N) is 2. The molecule has 0 amide bonds. The van der Waals surface area contributed by atoms with E-state index in [1.54, 1.807) is 6.07 Å². The van der Waals surface area contributed by atoms with Crippen molar-refractivity contribution < 1.29 is 17.9 Å².